The number of hydrogen-bond acceptors (Lipinski definition) is 4. The SMILES string of the molecule is CCCn1ncnc1CC(N)C(C)Oc1cccc(Cl)c1. The van der Waals surface area contributed by atoms with Crippen LogP contribution in [0.1, 0.15) is 26.1 Å². The molecule has 114 valence electrons. The molecule has 0 aliphatic rings. The monoisotopic (exact) mass is 308 g/mol. The van der Waals surface area contributed by atoms with E-state index in [4.69, 9.17) is 22.1 Å². The number of hydrogen-bond donors (Lipinski definition) is 1. The van der Waals surface area contributed by atoms with Gasteiger partial charge in [-0.25, -0.2) is 4.98 Å². The largest absolute Gasteiger partial charge is 0.489 e. The Hall–Kier alpha value is -1.59. The van der Waals surface area contributed by atoms with Crippen molar-refractivity contribution in [3.05, 3.63) is 41.4 Å². The fourth-order valence-corrected chi connectivity index (χ4v) is 2.24. The fraction of sp³-hybridized carbons (Fsp3) is 0.467. The summed E-state index contributed by atoms with van der Waals surface area (Å²) >= 11 is 5.95. The molecule has 2 aromatic rings. The van der Waals surface area contributed by atoms with E-state index in [2.05, 4.69) is 17.0 Å². The van der Waals surface area contributed by atoms with Gasteiger partial charge in [0, 0.05) is 24.0 Å². The van der Waals surface area contributed by atoms with Crippen LogP contribution < -0.4 is 10.5 Å². The van der Waals surface area contributed by atoms with Crippen LogP contribution in [0, 0.1) is 0 Å². The maximum Gasteiger partial charge on any atom is 0.138 e. The van der Waals surface area contributed by atoms with Crippen molar-refractivity contribution in [1.82, 2.24) is 14.8 Å². The van der Waals surface area contributed by atoms with Crippen LogP contribution in [-0.4, -0.2) is 26.9 Å². The number of halogens is 1. The average molecular weight is 309 g/mol. The first-order valence-electron chi connectivity index (χ1n) is 7.14. The zero-order chi connectivity index (χ0) is 15.2. The fourth-order valence-electron chi connectivity index (χ4n) is 2.06. The molecule has 5 nitrogen and oxygen atoms in total. The van der Waals surface area contributed by atoms with Gasteiger partial charge in [0.2, 0.25) is 0 Å². The van der Waals surface area contributed by atoms with Gasteiger partial charge in [0.25, 0.3) is 0 Å². The molecule has 2 atom stereocenters. The Morgan fingerprint density at radius 1 is 1.43 bits per heavy atom. The van der Waals surface area contributed by atoms with Crippen LogP contribution in [0.2, 0.25) is 5.02 Å². The first-order chi connectivity index (χ1) is 10.1. The second-order valence-corrected chi connectivity index (χ2v) is 5.48. The standard InChI is InChI=1S/C15H21ClN4O/c1-3-7-20-15(18-10-19-20)9-14(17)11(2)21-13-6-4-5-12(16)8-13/h4-6,8,10-11,14H,3,7,9,17H2,1-2H3. The third-order valence-corrected chi connectivity index (χ3v) is 3.51. The molecule has 2 rings (SSSR count). The molecular weight excluding hydrogens is 288 g/mol. The molecule has 1 aromatic carbocycles. The van der Waals surface area contributed by atoms with Crippen molar-refractivity contribution in [3.63, 3.8) is 0 Å². The van der Waals surface area contributed by atoms with E-state index in [1.165, 1.54) is 0 Å². The number of nitrogens with zero attached hydrogens (tertiary/aromatic N) is 3. The number of ether oxygens (including phenoxy) is 1. The maximum atomic E-state index is 6.22. The zero-order valence-corrected chi connectivity index (χ0v) is 13.1. The predicted octanol–water partition coefficient (Wildman–Crippen LogP) is 2.68. The molecule has 0 aliphatic heterocycles. The van der Waals surface area contributed by atoms with Crippen molar-refractivity contribution in [3.8, 4) is 5.75 Å². The molecule has 0 saturated carbocycles. The molecule has 0 bridgehead atoms. The van der Waals surface area contributed by atoms with Crippen LogP contribution >= 0.6 is 11.6 Å². The minimum absolute atomic E-state index is 0.143. The lowest BCUT2D eigenvalue weighted by Gasteiger charge is -2.21. The van der Waals surface area contributed by atoms with E-state index >= 15 is 0 Å². The van der Waals surface area contributed by atoms with Gasteiger partial charge in [0.05, 0.1) is 0 Å². The summed E-state index contributed by atoms with van der Waals surface area (Å²) in [6.07, 6.45) is 3.07. The molecule has 0 spiro atoms. The second kappa shape index (κ2) is 7.43. The third kappa shape index (κ3) is 4.44. The van der Waals surface area contributed by atoms with Crippen molar-refractivity contribution >= 4 is 11.6 Å². The summed E-state index contributed by atoms with van der Waals surface area (Å²) in [4.78, 5) is 4.27. The van der Waals surface area contributed by atoms with E-state index in [0.29, 0.717) is 11.4 Å². The topological polar surface area (TPSA) is 66.0 Å². The van der Waals surface area contributed by atoms with E-state index in [1.54, 1.807) is 12.4 Å². The van der Waals surface area contributed by atoms with Crippen molar-refractivity contribution in [1.29, 1.82) is 0 Å². The molecule has 6 heteroatoms. The molecule has 1 aromatic heterocycles. The van der Waals surface area contributed by atoms with Gasteiger partial charge in [-0.05, 0) is 31.5 Å². The number of nitrogens with two attached hydrogens (primary N) is 1. The second-order valence-electron chi connectivity index (χ2n) is 5.05. The van der Waals surface area contributed by atoms with E-state index < -0.39 is 0 Å². The van der Waals surface area contributed by atoms with Gasteiger partial charge < -0.3 is 10.5 Å². The minimum Gasteiger partial charge on any atom is -0.489 e. The van der Waals surface area contributed by atoms with Crippen LogP contribution in [0.25, 0.3) is 0 Å². The number of benzene rings is 1. The highest BCUT2D eigenvalue weighted by atomic mass is 35.5. The summed E-state index contributed by atoms with van der Waals surface area (Å²) in [5.41, 5.74) is 6.22. The molecule has 1 heterocycles. The molecule has 0 amide bonds. The molecule has 0 radical (unpaired) electrons. The Labute approximate surface area is 130 Å². The summed E-state index contributed by atoms with van der Waals surface area (Å²) < 4.78 is 7.73. The Balaban J connectivity index is 1.96. The third-order valence-electron chi connectivity index (χ3n) is 3.27. The Bertz CT molecular complexity index is 572. The van der Waals surface area contributed by atoms with Crippen LogP contribution in [0.4, 0.5) is 0 Å². The van der Waals surface area contributed by atoms with Gasteiger partial charge in [-0.3, -0.25) is 4.68 Å². The van der Waals surface area contributed by atoms with Crippen molar-refractivity contribution in [2.45, 2.75) is 45.4 Å². The highest BCUT2D eigenvalue weighted by Gasteiger charge is 2.18. The van der Waals surface area contributed by atoms with Gasteiger partial charge in [-0.2, -0.15) is 5.10 Å². The van der Waals surface area contributed by atoms with Crippen LogP contribution in [0.15, 0.2) is 30.6 Å². The summed E-state index contributed by atoms with van der Waals surface area (Å²) in [7, 11) is 0. The highest BCUT2D eigenvalue weighted by molar-refractivity contribution is 6.30. The number of rotatable bonds is 7. The van der Waals surface area contributed by atoms with Crippen molar-refractivity contribution in [2.75, 3.05) is 0 Å². The van der Waals surface area contributed by atoms with Gasteiger partial charge >= 0.3 is 0 Å². The quantitative estimate of drug-likeness (QED) is 0.854. The van der Waals surface area contributed by atoms with Gasteiger partial charge in [-0.1, -0.05) is 24.6 Å². The first kappa shape index (κ1) is 15.8. The van der Waals surface area contributed by atoms with Crippen LogP contribution in [-0.2, 0) is 13.0 Å². The molecule has 0 saturated heterocycles. The average Bonchev–Trinajstić information content (AvgIpc) is 2.86. The zero-order valence-electron chi connectivity index (χ0n) is 12.4. The minimum atomic E-state index is -0.163. The molecular formula is C15H21ClN4O. The molecule has 2 unspecified atom stereocenters. The number of aromatic nitrogens is 3. The summed E-state index contributed by atoms with van der Waals surface area (Å²) in [6.45, 7) is 4.91. The van der Waals surface area contributed by atoms with E-state index in [-0.39, 0.29) is 12.1 Å². The maximum absolute atomic E-state index is 6.22. The lowest BCUT2D eigenvalue weighted by molar-refractivity contribution is 0.187. The lowest BCUT2D eigenvalue weighted by atomic mass is 10.1. The van der Waals surface area contributed by atoms with Crippen molar-refractivity contribution < 1.29 is 4.74 Å². The highest BCUT2D eigenvalue weighted by Crippen LogP contribution is 2.19. The normalized spacial score (nSPS) is 13.9. The van der Waals surface area contributed by atoms with Crippen LogP contribution in [0.5, 0.6) is 5.75 Å². The molecule has 2 N–H and O–H groups in total. The summed E-state index contributed by atoms with van der Waals surface area (Å²) in [6, 6.07) is 7.16. The molecule has 0 fully saturated rings. The smallest absolute Gasteiger partial charge is 0.138 e. The van der Waals surface area contributed by atoms with Gasteiger partial charge in [-0.15, -0.1) is 0 Å². The summed E-state index contributed by atoms with van der Waals surface area (Å²) in [5, 5.41) is 4.85. The Morgan fingerprint density at radius 2 is 2.24 bits per heavy atom. The lowest BCUT2D eigenvalue weighted by Crippen LogP contribution is -2.39. The number of aryl methyl sites for hydroxylation is 1. The Morgan fingerprint density at radius 3 is 2.95 bits per heavy atom. The molecule has 0 aliphatic carbocycles. The van der Waals surface area contributed by atoms with Crippen LogP contribution in [0.3, 0.4) is 0 Å². The summed E-state index contributed by atoms with van der Waals surface area (Å²) in [5.74, 6) is 1.62. The van der Waals surface area contributed by atoms with Gasteiger partial charge in [0.1, 0.15) is 24.0 Å². The van der Waals surface area contributed by atoms with E-state index in [0.717, 1.165) is 24.5 Å². The van der Waals surface area contributed by atoms with E-state index in [9.17, 15) is 0 Å². The molecule has 21 heavy (non-hydrogen) atoms. The van der Waals surface area contributed by atoms with E-state index in [1.807, 2.05) is 29.8 Å². The van der Waals surface area contributed by atoms with Gasteiger partial charge in [0.15, 0.2) is 0 Å². The Kier molecular flexibility index (Phi) is 5.59. The first-order valence-corrected chi connectivity index (χ1v) is 7.52. The predicted molar refractivity (Wildman–Crippen MR) is 83.5 cm³/mol. The van der Waals surface area contributed by atoms with Crippen molar-refractivity contribution in [2.24, 2.45) is 5.73 Å².